The lowest BCUT2D eigenvalue weighted by Crippen LogP contribution is -2.29. The summed E-state index contributed by atoms with van der Waals surface area (Å²) in [7, 11) is 0. The molecular formula is C21H22ClN5O. The van der Waals surface area contributed by atoms with E-state index in [9.17, 15) is 4.79 Å². The number of aromatic nitrogens is 3. The molecule has 0 radical (unpaired) electrons. The van der Waals surface area contributed by atoms with Gasteiger partial charge in [0.15, 0.2) is 5.69 Å². The number of rotatable bonds is 4. The SMILES string of the molecule is Cc1cc(-c2cccc(Cl)c2)ccc1NC(=O)c1cn(C2CCNCC2)nn1. The van der Waals surface area contributed by atoms with Crippen molar-refractivity contribution >= 4 is 23.2 Å². The van der Waals surface area contributed by atoms with Gasteiger partial charge in [-0.15, -0.1) is 5.10 Å². The number of carbonyl (C=O) groups excluding carboxylic acids is 1. The molecule has 2 N–H and O–H groups in total. The van der Waals surface area contributed by atoms with Crippen LogP contribution in [0.5, 0.6) is 0 Å². The number of piperidine rings is 1. The summed E-state index contributed by atoms with van der Waals surface area (Å²) in [5.41, 5.74) is 4.15. The maximum atomic E-state index is 12.6. The maximum Gasteiger partial charge on any atom is 0.277 e. The smallest absolute Gasteiger partial charge is 0.277 e. The fourth-order valence-electron chi connectivity index (χ4n) is 3.47. The second kappa shape index (κ2) is 8.12. The Kier molecular flexibility index (Phi) is 5.41. The number of amides is 1. The van der Waals surface area contributed by atoms with Gasteiger partial charge in [0.25, 0.3) is 5.91 Å². The van der Waals surface area contributed by atoms with Crippen molar-refractivity contribution in [1.82, 2.24) is 20.3 Å². The molecule has 28 heavy (non-hydrogen) atoms. The van der Waals surface area contributed by atoms with Gasteiger partial charge in [0.2, 0.25) is 0 Å². The highest BCUT2D eigenvalue weighted by Crippen LogP contribution is 2.27. The first-order chi connectivity index (χ1) is 13.6. The van der Waals surface area contributed by atoms with E-state index in [-0.39, 0.29) is 5.91 Å². The molecule has 1 aromatic heterocycles. The number of carbonyl (C=O) groups is 1. The van der Waals surface area contributed by atoms with E-state index in [4.69, 9.17) is 11.6 Å². The van der Waals surface area contributed by atoms with Crippen molar-refractivity contribution in [3.05, 3.63) is 64.9 Å². The van der Waals surface area contributed by atoms with Gasteiger partial charge in [0.05, 0.1) is 12.2 Å². The number of hydrogen-bond acceptors (Lipinski definition) is 4. The van der Waals surface area contributed by atoms with Gasteiger partial charge in [0.1, 0.15) is 0 Å². The fraction of sp³-hybridized carbons (Fsp3) is 0.286. The van der Waals surface area contributed by atoms with Crippen molar-refractivity contribution in [3.8, 4) is 11.1 Å². The van der Waals surface area contributed by atoms with Gasteiger partial charge in [-0.2, -0.15) is 0 Å². The third kappa shape index (κ3) is 4.08. The van der Waals surface area contributed by atoms with Gasteiger partial charge in [-0.1, -0.05) is 35.0 Å². The van der Waals surface area contributed by atoms with Crippen LogP contribution in [0.2, 0.25) is 5.02 Å². The number of anilines is 1. The van der Waals surface area contributed by atoms with E-state index in [1.54, 1.807) is 6.20 Å². The van der Waals surface area contributed by atoms with Gasteiger partial charge in [-0.3, -0.25) is 4.79 Å². The van der Waals surface area contributed by atoms with Crippen molar-refractivity contribution in [3.63, 3.8) is 0 Å². The Morgan fingerprint density at radius 2 is 1.96 bits per heavy atom. The number of halogens is 1. The molecule has 3 aromatic rings. The Bertz CT molecular complexity index is 994. The predicted octanol–water partition coefficient (Wildman–Crippen LogP) is 4.08. The second-order valence-corrected chi connectivity index (χ2v) is 7.50. The highest BCUT2D eigenvalue weighted by atomic mass is 35.5. The van der Waals surface area contributed by atoms with Crippen LogP contribution in [-0.2, 0) is 0 Å². The molecule has 1 aliphatic heterocycles. The zero-order valence-electron chi connectivity index (χ0n) is 15.7. The topological polar surface area (TPSA) is 71.8 Å². The molecule has 1 saturated heterocycles. The first kappa shape index (κ1) is 18.7. The molecule has 2 heterocycles. The summed E-state index contributed by atoms with van der Waals surface area (Å²) in [6.07, 6.45) is 3.73. The Morgan fingerprint density at radius 1 is 1.18 bits per heavy atom. The minimum atomic E-state index is -0.251. The summed E-state index contributed by atoms with van der Waals surface area (Å²) >= 11 is 6.09. The van der Waals surface area contributed by atoms with Crippen molar-refractivity contribution in [2.75, 3.05) is 18.4 Å². The van der Waals surface area contributed by atoms with Gasteiger partial charge in [-0.25, -0.2) is 4.68 Å². The number of aryl methyl sites for hydroxylation is 1. The molecule has 4 rings (SSSR count). The van der Waals surface area contributed by atoms with Crippen LogP contribution in [0.3, 0.4) is 0 Å². The molecule has 1 aliphatic rings. The predicted molar refractivity (Wildman–Crippen MR) is 111 cm³/mol. The van der Waals surface area contributed by atoms with Crippen molar-refractivity contribution in [2.24, 2.45) is 0 Å². The van der Waals surface area contributed by atoms with Crippen LogP contribution in [0.25, 0.3) is 11.1 Å². The summed E-state index contributed by atoms with van der Waals surface area (Å²) < 4.78 is 1.81. The standard InChI is InChI=1S/C21H22ClN5O/c1-14-11-16(15-3-2-4-17(22)12-15)5-6-19(14)24-21(28)20-13-27(26-25-20)18-7-9-23-10-8-18/h2-6,11-13,18,23H,7-10H2,1H3,(H,24,28). The Morgan fingerprint density at radius 3 is 2.71 bits per heavy atom. The van der Waals surface area contributed by atoms with Gasteiger partial charge in [-0.05, 0) is 73.8 Å². The van der Waals surface area contributed by atoms with Crippen molar-refractivity contribution in [2.45, 2.75) is 25.8 Å². The lowest BCUT2D eigenvalue weighted by atomic mass is 10.0. The Labute approximate surface area is 168 Å². The molecule has 1 amide bonds. The van der Waals surface area contributed by atoms with E-state index in [2.05, 4.69) is 20.9 Å². The lowest BCUT2D eigenvalue weighted by Gasteiger charge is -2.22. The number of nitrogens with one attached hydrogen (secondary N) is 2. The van der Waals surface area contributed by atoms with Gasteiger partial charge < -0.3 is 10.6 Å². The molecule has 0 saturated carbocycles. The first-order valence-electron chi connectivity index (χ1n) is 9.40. The Balaban J connectivity index is 1.48. The van der Waals surface area contributed by atoms with E-state index >= 15 is 0 Å². The van der Waals surface area contributed by atoms with Crippen LogP contribution in [-0.4, -0.2) is 34.0 Å². The Hall–Kier alpha value is -2.70. The lowest BCUT2D eigenvalue weighted by molar-refractivity contribution is 0.102. The zero-order valence-corrected chi connectivity index (χ0v) is 16.4. The molecule has 7 heteroatoms. The molecule has 1 fully saturated rings. The normalized spacial score (nSPS) is 14.8. The molecule has 0 unspecified atom stereocenters. The molecule has 0 bridgehead atoms. The summed E-state index contributed by atoms with van der Waals surface area (Å²) in [6, 6.07) is 13.9. The third-order valence-corrected chi connectivity index (χ3v) is 5.29. The molecule has 6 nitrogen and oxygen atoms in total. The van der Waals surface area contributed by atoms with Crippen LogP contribution >= 0.6 is 11.6 Å². The van der Waals surface area contributed by atoms with Crippen LogP contribution < -0.4 is 10.6 Å². The molecule has 0 aliphatic carbocycles. The van der Waals surface area contributed by atoms with E-state index < -0.39 is 0 Å². The third-order valence-electron chi connectivity index (χ3n) is 5.06. The summed E-state index contributed by atoms with van der Waals surface area (Å²) in [6.45, 7) is 3.89. The summed E-state index contributed by atoms with van der Waals surface area (Å²) in [5.74, 6) is -0.251. The number of nitrogens with zero attached hydrogens (tertiary/aromatic N) is 3. The van der Waals surface area contributed by atoms with Gasteiger partial charge >= 0.3 is 0 Å². The van der Waals surface area contributed by atoms with Crippen molar-refractivity contribution in [1.29, 1.82) is 0 Å². The van der Waals surface area contributed by atoms with E-state index in [1.807, 2.05) is 54.1 Å². The van der Waals surface area contributed by atoms with Crippen LogP contribution in [0.1, 0.15) is 34.9 Å². The monoisotopic (exact) mass is 395 g/mol. The minimum absolute atomic E-state index is 0.251. The summed E-state index contributed by atoms with van der Waals surface area (Å²) in [4.78, 5) is 12.6. The fourth-order valence-corrected chi connectivity index (χ4v) is 3.66. The van der Waals surface area contributed by atoms with Crippen LogP contribution in [0.4, 0.5) is 5.69 Å². The average molecular weight is 396 g/mol. The molecular weight excluding hydrogens is 374 g/mol. The van der Waals surface area contributed by atoms with E-state index in [0.29, 0.717) is 16.8 Å². The largest absolute Gasteiger partial charge is 0.320 e. The van der Waals surface area contributed by atoms with Crippen LogP contribution in [0.15, 0.2) is 48.7 Å². The van der Waals surface area contributed by atoms with Gasteiger partial charge in [0, 0.05) is 10.7 Å². The maximum absolute atomic E-state index is 12.6. The van der Waals surface area contributed by atoms with Crippen LogP contribution in [0, 0.1) is 6.92 Å². The molecule has 0 spiro atoms. The van der Waals surface area contributed by atoms with E-state index in [0.717, 1.165) is 48.3 Å². The average Bonchev–Trinajstić information content (AvgIpc) is 3.20. The highest BCUT2D eigenvalue weighted by Gasteiger charge is 2.19. The van der Waals surface area contributed by atoms with E-state index in [1.165, 1.54) is 0 Å². The minimum Gasteiger partial charge on any atom is -0.320 e. The first-order valence-corrected chi connectivity index (χ1v) is 9.78. The number of benzene rings is 2. The quantitative estimate of drug-likeness (QED) is 0.698. The van der Waals surface area contributed by atoms with Crippen molar-refractivity contribution < 1.29 is 4.79 Å². The highest BCUT2D eigenvalue weighted by molar-refractivity contribution is 6.30. The second-order valence-electron chi connectivity index (χ2n) is 7.06. The molecule has 144 valence electrons. The number of hydrogen-bond donors (Lipinski definition) is 2. The molecule has 2 aromatic carbocycles. The zero-order chi connectivity index (χ0) is 19.5. The summed E-state index contributed by atoms with van der Waals surface area (Å²) in [5, 5.41) is 15.2. The molecule has 0 atom stereocenters.